The zero-order valence-corrected chi connectivity index (χ0v) is 15.1. The van der Waals surface area contributed by atoms with E-state index in [9.17, 15) is 23.3 Å². The molecular weight excluding hydrogens is 362 g/mol. The highest BCUT2D eigenvalue weighted by molar-refractivity contribution is 7.92. The number of methoxy groups -OCH3 is 1. The molecule has 0 heterocycles. The minimum Gasteiger partial charge on any atom is -0.495 e. The molecule has 2 rings (SSSR count). The quantitative estimate of drug-likeness (QED) is 0.606. The fourth-order valence-electron chi connectivity index (χ4n) is 2.15. The van der Waals surface area contributed by atoms with Crippen LogP contribution in [0.5, 0.6) is 5.75 Å². The van der Waals surface area contributed by atoms with E-state index in [1.807, 2.05) is 0 Å². The van der Waals surface area contributed by atoms with Crippen LogP contribution in [0.3, 0.4) is 0 Å². The summed E-state index contributed by atoms with van der Waals surface area (Å²) >= 11 is 0. The van der Waals surface area contributed by atoms with E-state index in [1.54, 1.807) is 14.1 Å². The Balaban J connectivity index is 2.44. The van der Waals surface area contributed by atoms with Gasteiger partial charge in [-0.1, -0.05) is 6.07 Å². The van der Waals surface area contributed by atoms with E-state index in [-0.39, 0.29) is 33.5 Å². The number of nitro groups is 1. The third-order valence-corrected chi connectivity index (χ3v) is 4.80. The first-order valence-electron chi connectivity index (χ1n) is 7.32. The number of nitrogens with zero attached hydrogens (tertiary/aromatic N) is 2. The molecule has 10 heteroatoms. The number of nitrogens with one attached hydrogen (secondary N) is 1. The molecule has 2 aromatic carbocycles. The SMILES string of the molecule is COc1ccc([N+](=O)[O-])cc1NS(=O)(=O)c1cccc(C(=O)N(C)C)c1. The molecule has 0 unspecified atom stereocenters. The van der Waals surface area contributed by atoms with E-state index in [4.69, 9.17) is 4.74 Å². The molecule has 0 atom stereocenters. The summed E-state index contributed by atoms with van der Waals surface area (Å²) in [6.07, 6.45) is 0. The summed E-state index contributed by atoms with van der Waals surface area (Å²) in [5.74, 6) is -0.227. The van der Waals surface area contributed by atoms with Crippen molar-refractivity contribution in [2.24, 2.45) is 0 Å². The molecule has 9 nitrogen and oxygen atoms in total. The van der Waals surface area contributed by atoms with Crippen LogP contribution in [0.1, 0.15) is 10.4 Å². The maximum absolute atomic E-state index is 12.6. The predicted molar refractivity (Wildman–Crippen MR) is 94.9 cm³/mol. The summed E-state index contributed by atoms with van der Waals surface area (Å²) in [5.41, 5.74) is -0.171. The molecule has 0 saturated carbocycles. The third kappa shape index (κ3) is 4.09. The van der Waals surface area contributed by atoms with Gasteiger partial charge in [-0.2, -0.15) is 0 Å². The van der Waals surface area contributed by atoms with E-state index >= 15 is 0 Å². The standard InChI is InChI=1S/C16H17N3O6S/c1-18(2)16(20)11-5-4-6-13(9-11)26(23,24)17-14-10-12(19(21)22)7-8-15(14)25-3/h4-10,17H,1-3H3. The van der Waals surface area contributed by atoms with E-state index in [1.165, 1.54) is 48.4 Å². The van der Waals surface area contributed by atoms with Crippen molar-refractivity contribution in [1.82, 2.24) is 4.90 Å². The second-order valence-electron chi connectivity index (χ2n) is 5.47. The van der Waals surface area contributed by atoms with Gasteiger partial charge in [0, 0.05) is 31.8 Å². The van der Waals surface area contributed by atoms with Crippen molar-refractivity contribution in [2.45, 2.75) is 4.90 Å². The van der Waals surface area contributed by atoms with Crippen molar-refractivity contribution in [3.63, 3.8) is 0 Å². The highest BCUT2D eigenvalue weighted by Gasteiger charge is 2.20. The number of anilines is 1. The molecule has 0 saturated heterocycles. The van der Waals surface area contributed by atoms with Crippen LogP contribution in [0.4, 0.5) is 11.4 Å². The molecule has 0 aliphatic carbocycles. The number of benzene rings is 2. The maximum atomic E-state index is 12.6. The van der Waals surface area contributed by atoms with Gasteiger partial charge in [-0.3, -0.25) is 19.6 Å². The van der Waals surface area contributed by atoms with Crippen LogP contribution < -0.4 is 9.46 Å². The smallest absolute Gasteiger partial charge is 0.271 e. The van der Waals surface area contributed by atoms with Gasteiger partial charge in [0.1, 0.15) is 5.75 Å². The molecule has 0 aliphatic rings. The Bertz CT molecular complexity index is 956. The lowest BCUT2D eigenvalue weighted by Crippen LogP contribution is -2.22. The second-order valence-corrected chi connectivity index (χ2v) is 7.16. The molecule has 26 heavy (non-hydrogen) atoms. The van der Waals surface area contributed by atoms with Crippen molar-refractivity contribution in [3.05, 3.63) is 58.1 Å². The predicted octanol–water partition coefficient (Wildman–Crippen LogP) is 2.11. The van der Waals surface area contributed by atoms with Gasteiger partial charge in [0.05, 0.1) is 22.6 Å². The molecule has 2 aromatic rings. The van der Waals surface area contributed by atoms with Gasteiger partial charge in [0.25, 0.3) is 21.6 Å². The van der Waals surface area contributed by atoms with Crippen molar-refractivity contribution in [3.8, 4) is 5.75 Å². The lowest BCUT2D eigenvalue weighted by Gasteiger charge is -2.13. The van der Waals surface area contributed by atoms with Crippen molar-refractivity contribution < 1.29 is 22.9 Å². The molecule has 1 amide bonds. The van der Waals surface area contributed by atoms with Crippen LogP contribution >= 0.6 is 0 Å². The highest BCUT2D eigenvalue weighted by Crippen LogP contribution is 2.31. The zero-order valence-electron chi connectivity index (χ0n) is 14.3. The summed E-state index contributed by atoms with van der Waals surface area (Å²) in [7, 11) is 0.324. The van der Waals surface area contributed by atoms with Crippen LogP contribution in [0, 0.1) is 10.1 Å². The van der Waals surface area contributed by atoms with Crippen LogP contribution in [-0.4, -0.2) is 45.4 Å². The van der Waals surface area contributed by atoms with Crippen molar-refractivity contribution in [1.29, 1.82) is 0 Å². The number of ether oxygens (including phenoxy) is 1. The van der Waals surface area contributed by atoms with Gasteiger partial charge in [0.2, 0.25) is 0 Å². The molecule has 0 fully saturated rings. The number of non-ortho nitro benzene ring substituents is 1. The monoisotopic (exact) mass is 379 g/mol. The molecular formula is C16H17N3O6S. The van der Waals surface area contributed by atoms with Crippen LogP contribution in [-0.2, 0) is 10.0 Å². The van der Waals surface area contributed by atoms with Crippen LogP contribution in [0.15, 0.2) is 47.4 Å². The Labute approximate surface area is 150 Å². The van der Waals surface area contributed by atoms with E-state index in [0.717, 1.165) is 6.07 Å². The Morgan fingerprint density at radius 3 is 2.46 bits per heavy atom. The largest absolute Gasteiger partial charge is 0.495 e. The number of sulfonamides is 1. The van der Waals surface area contributed by atoms with Gasteiger partial charge in [-0.15, -0.1) is 0 Å². The Morgan fingerprint density at radius 2 is 1.88 bits per heavy atom. The molecule has 0 spiro atoms. The lowest BCUT2D eigenvalue weighted by atomic mass is 10.2. The number of rotatable bonds is 6. The van der Waals surface area contributed by atoms with Crippen LogP contribution in [0.2, 0.25) is 0 Å². The normalized spacial score (nSPS) is 10.9. The summed E-state index contributed by atoms with van der Waals surface area (Å²) in [6.45, 7) is 0. The average molecular weight is 379 g/mol. The molecule has 1 N–H and O–H groups in total. The molecule has 0 radical (unpaired) electrons. The molecule has 0 aromatic heterocycles. The summed E-state index contributed by atoms with van der Waals surface area (Å²) in [6, 6.07) is 9.04. The third-order valence-electron chi connectivity index (χ3n) is 3.44. The first-order valence-corrected chi connectivity index (χ1v) is 8.81. The van der Waals surface area contributed by atoms with Crippen LogP contribution in [0.25, 0.3) is 0 Å². The fourth-order valence-corrected chi connectivity index (χ4v) is 3.25. The zero-order chi connectivity index (χ0) is 19.5. The Morgan fingerprint density at radius 1 is 1.19 bits per heavy atom. The second kappa shape index (κ2) is 7.40. The van der Waals surface area contributed by atoms with Gasteiger partial charge in [-0.25, -0.2) is 8.42 Å². The van der Waals surface area contributed by atoms with Gasteiger partial charge >= 0.3 is 0 Å². The first-order chi connectivity index (χ1) is 12.2. The maximum Gasteiger partial charge on any atom is 0.271 e. The molecule has 0 aliphatic heterocycles. The van der Waals surface area contributed by atoms with Crippen molar-refractivity contribution in [2.75, 3.05) is 25.9 Å². The number of carbonyl (C=O) groups excluding carboxylic acids is 1. The number of hydrogen-bond donors (Lipinski definition) is 1. The number of amides is 1. The van der Waals surface area contributed by atoms with Crippen molar-refractivity contribution >= 4 is 27.3 Å². The van der Waals surface area contributed by atoms with Gasteiger partial charge in [-0.05, 0) is 24.3 Å². The van der Waals surface area contributed by atoms with E-state index in [2.05, 4.69) is 4.72 Å². The lowest BCUT2D eigenvalue weighted by molar-refractivity contribution is -0.384. The number of hydrogen-bond acceptors (Lipinski definition) is 6. The topological polar surface area (TPSA) is 119 Å². The minimum absolute atomic E-state index is 0.0777. The first kappa shape index (κ1) is 19.2. The number of nitro benzene ring substituents is 1. The highest BCUT2D eigenvalue weighted by atomic mass is 32.2. The minimum atomic E-state index is -4.09. The summed E-state index contributed by atoms with van der Waals surface area (Å²) < 4.78 is 32.6. The number of carbonyl (C=O) groups is 1. The Hall–Kier alpha value is -3.14. The Kier molecular flexibility index (Phi) is 5.46. The average Bonchev–Trinajstić information content (AvgIpc) is 2.60. The van der Waals surface area contributed by atoms with Gasteiger partial charge < -0.3 is 9.64 Å². The molecule has 0 bridgehead atoms. The van der Waals surface area contributed by atoms with E-state index in [0.29, 0.717) is 0 Å². The fraction of sp³-hybridized carbons (Fsp3) is 0.188. The molecule has 138 valence electrons. The van der Waals surface area contributed by atoms with E-state index < -0.39 is 14.9 Å². The van der Waals surface area contributed by atoms with Gasteiger partial charge in [0.15, 0.2) is 0 Å². The summed E-state index contributed by atoms with van der Waals surface area (Å²) in [4.78, 5) is 23.5. The summed E-state index contributed by atoms with van der Waals surface area (Å²) in [5, 5.41) is 10.9.